The van der Waals surface area contributed by atoms with Crippen LogP contribution in [-0.4, -0.2) is 19.2 Å². The van der Waals surface area contributed by atoms with Crippen LogP contribution < -0.4 is 10.0 Å². The van der Waals surface area contributed by atoms with E-state index in [0.717, 1.165) is 0 Å². The van der Waals surface area contributed by atoms with Gasteiger partial charge >= 0.3 is 0 Å². The van der Waals surface area contributed by atoms with Gasteiger partial charge in [-0.25, -0.2) is 8.42 Å². The van der Waals surface area contributed by atoms with E-state index in [1.807, 2.05) is 0 Å². The fourth-order valence-electron chi connectivity index (χ4n) is 2.62. The summed E-state index contributed by atoms with van der Waals surface area (Å²) in [5.74, 6) is -0.553. The second-order valence-corrected chi connectivity index (χ2v) is 8.41. The van der Waals surface area contributed by atoms with Crippen LogP contribution in [0.25, 0.3) is 0 Å². The van der Waals surface area contributed by atoms with Gasteiger partial charge in [0.05, 0.1) is 20.5 Å². The molecule has 0 bridgehead atoms. The minimum atomic E-state index is -3.88. The molecule has 0 aliphatic rings. The molecular weight excluding hydrogens is 430 g/mol. The smallest absolute Gasteiger partial charge is 0.273 e. The Morgan fingerprint density at radius 3 is 2.33 bits per heavy atom. The molecule has 0 aromatic heterocycles. The van der Waals surface area contributed by atoms with Crippen molar-refractivity contribution >= 4 is 44.6 Å². The average molecular weight is 446 g/mol. The highest BCUT2D eigenvalue weighted by atomic mass is 35.5. The summed E-state index contributed by atoms with van der Waals surface area (Å²) in [6, 6.07) is 16.1. The van der Waals surface area contributed by atoms with Crippen LogP contribution in [0.4, 0.5) is 17.1 Å². The Morgan fingerprint density at radius 1 is 1.03 bits per heavy atom. The molecule has 0 spiro atoms. The Labute approximate surface area is 177 Å². The van der Waals surface area contributed by atoms with Gasteiger partial charge in [-0.05, 0) is 49.4 Å². The molecule has 0 heterocycles. The second-order valence-electron chi connectivity index (χ2n) is 6.32. The minimum absolute atomic E-state index is 0.0219. The molecule has 0 aliphatic heterocycles. The highest BCUT2D eigenvalue weighted by Crippen LogP contribution is 2.25. The predicted octanol–water partition coefficient (Wildman–Crippen LogP) is 4.61. The van der Waals surface area contributed by atoms with E-state index in [0.29, 0.717) is 11.3 Å². The zero-order valence-corrected chi connectivity index (χ0v) is 17.2. The molecule has 0 saturated carbocycles. The van der Waals surface area contributed by atoms with E-state index in [9.17, 15) is 23.3 Å². The Hall–Kier alpha value is -3.43. The number of carbonyl (C=O) groups is 1. The van der Waals surface area contributed by atoms with Crippen LogP contribution in [0.5, 0.6) is 0 Å². The van der Waals surface area contributed by atoms with Gasteiger partial charge in [-0.15, -0.1) is 0 Å². The van der Waals surface area contributed by atoms with Crippen LogP contribution in [-0.2, 0) is 10.0 Å². The Morgan fingerprint density at radius 2 is 1.70 bits per heavy atom. The fourth-order valence-corrected chi connectivity index (χ4v) is 3.93. The maximum atomic E-state index is 12.5. The molecule has 0 saturated heterocycles. The quantitative estimate of drug-likeness (QED) is 0.424. The number of nitro benzene ring substituents is 1. The first-order valence-corrected chi connectivity index (χ1v) is 10.5. The van der Waals surface area contributed by atoms with E-state index >= 15 is 0 Å². The van der Waals surface area contributed by atoms with Crippen molar-refractivity contribution in [2.75, 3.05) is 10.0 Å². The number of sulfonamides is 1. The number of rotatable bonds is 6. The van der Waals surface area contributed by atoms with Gasteiger partial charge in [0, 0.05) is 22.9 Å². The summed E-state index contributed by atoms with van der Waals surface area (Å²) < 4.78 is 27.4. The van der Waals surface area contributed by atoms with Crippen molar-refractivity contribution < 1.29 is 18.1 Å². The van der Waals surface area contributed by atoms with Crippen molar-refractivity contribution in [2.24, 2.45) is 0 Å². The van der Waals surface area contributed by atoms with E-state index < -0.39 is 20.9 Å². The molecule has 0 fully saturated rings. The fraction of sp³-hybridized carbons (Fsp3) is 0.0500. The number of hydrogen-bond acceptors (Lipinski definition) is 5. The molecular formula is C20H16ClN3O5S. The van der Waals surface area contributed by atoms with Crippen molar-refractivity contribution in [1.82, 2.24) is 0 Å². The summed E-state index contributed by atoms with van der Waals surface area (Å²) in [5.41, 5.74) is 0.980. The number of carbonyl (C=O) groups excluding carboxylic acids is 1. The van der Waals surface area contributed by atoms with Crippen molar-refractivity contribution in [1.29, 1.82) is 0 Å². The molecule has 8 nitrogen and oxygen atoms in total. The van der Waals surface area contributed by atoms with E-state index in [1.165, 1.54) is 48.5 Å². The third kappa shape index (κ3) is 4.76. The van der Waals surface area contributed by atoms with Crippen LogP contribution in [0.3, 0.4) is 0 Å². The normalized spacial score (nSPS) is 11.0. The first-order chi connectivity index (χ1) is 14.2. The predicted molar refractivity (Wildman–Crippen MR) is 114 cm³/mol. The third-order valence-electron chi connectivity index (χ3n) is 4.21. The Balaban J connectivity index is 1.76. The number of aryl methyl sites for hydroxylation is 1. The SMILES string of the molecule is Cc1ccc(C(=O)Nc2ccc(S(=O)(=O)Nc3ccccc3Cl)cc2)cc1[N+](=O)[O-]. The molecule has 10 heteroatoms. The van der Waals surface area contributed by atoms with Crippen LogP contribution in [0, 0.1) is 17.0 Å². The number of anilines is 2. The monoisotopic (exact) mass is 445 g/mol. The second kappa shape index (κ2) is 8.52. The highest BCUT2D eigenvalue weighted by molar-refractivity contribution is 7.92. The lowest BCUT2D eigenvalue weighted by Crippen LogP contribution is -2.14. The largest absolute Gasteiger partial charge is 0.322 e. The Kier molecular flexibility index (Phi) is 6.04. The molecule has 3 aromatic rings. The average Bonchev–Trinajstić information content (AvgIpc) is 2.70. The van der Waals surface area contributed by atoms with Crippen LogP contribution in [0.2, 0.25) is 5.02 Å². The van der Waals surface area contributed by atoms with Gasteiger partial charge in [-0.2, -0.15) is 0 Å². The lowest BCUT2D eigenvalue weighted by atomic mass is 10.1. The summed E-state index contributed by atoms with van der Waals surface area (Å²) >= 11 is 5.98. The maximum absolute atomic E-state index is 12.5. The molecule has 0 radical (unpaired) electrons. The van der Waals surface area contributed by atoms with Crippen LogP contribution in [0.15, 0.2) is 71.6 Å². The van der Waals surface area contributed by atoms with Gasteiger partial charge in [0.2, 0.25) is 0 Å². The zero-order valence-electron chi connectivity index (χ0n) is 15.6. The molecule has 3 aromatic carbocycles. The number of benzene rings is 3. The summed E-state index contributed by atoms with van der Waals surface area (Å²) in [6.45, 7) is 1.58. The number of nitrogens with zero attached hydrogens (tertiary/aromatic N) is 1. The third-order valence-corrected chi connectivity index (χ3v) is 5.92. The van der Waals surface area contributed by atoms with Gasteiger partial charge in [0.15, 0.2) is 0 Å². The molecule has 3 rings (SSSR count). The summed E-state index contributed by atoms with van der Waals surface area (Å²) in [6.07, 6.45) is 0. The number of amides is 1. The van der Waals surface area contributed by atoms with Gasteiger partial charge in [-0.3, -0.25) is 19.6 Å². The van der Waals surface area contributed by atoms with E-state index in [4.69, 9.17) is 11.6 Å². The van der Waals surface area contributed by atoms with Crippen molar-refractivity contribution in [3.05, 3.63) is 93.0 Å². The number of halogens is 1. The Bertz CT molecular complexity index is 1230. The molecule has 30 heavy (non-hydrogen) atoms. The van der Waals surface area contributed by atoms with Gasteiger partial charge in [-0.1, -0.05) is 29.8 Å². The van der Waals surface area contributed by atoms with E-state index in [1.54, 1.807) is 25.1 Å². The standard InChI is InChI=1S/C20H16ClN3O5S/c1-13-6-7-14(12-19(13)24(26)27)20(25)22-15-8-10-16(11-9-15)30(28,29)23-18-5-3-2-4-17(18)21/h2-12,23H,1H3,(H,22,25). The number of nitro groups is 1. The first-order valence-electron chi connectivity index (χ1n) is 8.61. The van der Waals surface area contributed by atoms with Crippen molar-refractivity contribution in [2.45, 2.75) is 11.8 Å². The molecule has 0 atom stereocenters. The number of para-hydroxylation sites is 1. The van der Waals surface area contributed by atoms with Gasteiger partial charge < -0.3 is 5.32 Å². The van der Waals surface area contributed by atoms with Crippen LogP contribution >= 0.6 is 11.6 Å². The maximum Gasteiger partial charge on any atom is 0.273 e. The molecule has 0 unspecified atom stereocenters. The van der Waals surface area contributed by atoms with Crippen molar-refractivity contribution in [3.63, 3.8) is 0 Å². The highest BCUT2D eigenvalue weighted by Gasteiger charge is 2.17. The summed E-state index contributed by atoms with van der Waals surface area (Å²) in [7, 11) is -3.88. The number of hydrogen-bond donors (Lipinski definition) is 2. The molecule has 154 valence electrons. The molecule has 0 aliphatic carbocycles. The first kappa shape index (κ1) is 21.3. The summed E-state index contributed by atoms with van der Waals surface area (Å²) in [4.78, 5) is 22.8. The topological polar surface area (TPSA) is 118 Å². The van der Waals surface area contributed by atoms with E-state index in [-0.39, 0.29) is 26.9 Å². The van der Waals surface area contributed by atoms with Gasteiger partial charge in [0.1, 0.15) is 0 Å². The van der Waals surface area contributed by atoms with Crippen LogP contribution in [0.1, 0.15) is 15.9 Å². The van der Waals surface area contributed by atoms with Gasteiger partial charge in [0.25, 0.3) is 21.6 Å². The number of nitrogens with one attached hydrogen (secondary N) is 2. The van der Waals surface area contributed by atoms with E-state index in [2.05, 4.69) is 10.0 Å². The van der Waals surface area contributed by atoms with Crippen molar-refractivity contribution in [3.8, 4) is 0 Å². The molecule has 1 amide bonds. The molecule has 2 N–H and O–H groups in total. The summed E-state index contributed by atoms with van der Waals surface area (Å²) in [5, 5.41) is 13.9. The zero-order chi connectivity index (χ0) is 21.9. The lowest BCUT2D eigenvalue weighted by molar-refractivity contribution is -0.385. The minimum Gasteiger partial charge on any atom is -0.322 e. The lowest BCUT2D eigenvalue weighted by Gasteiger charge is -2.10.